The van der Waals surface area contributed by atoms with Crippen LogP contribution in [-0.2, 0) is 10.3 Å². The summed E-state index contributed by atoms with van der Waals surface area (Å²) >= 11 is 13.2. The number of hydrogen-bond donors (Lipinski definition) is 0. The number of unbranched alkanes of at least 4 members (excludes halogenated alkanes) is 8. The van der Waals surface area contributed by atoms with Crippen molar-refractivity contribution in [1.82, 2.24) is 0 Å². The van der Waals surface area contributed by atoms with Gasteiger partial charge < -0.3 is 28.7 Å². The Balaban J connectivity index is 0.000000271. The van der Waals surface area contributed by atoms with Gasteiger partial charge in [-0.15, -0.1) is 0 Å². The van der Waals surface area contributed by atoms with Crippen LogP contribution in [0, 0.1) is 0 Å². The van der Waals surface area contributed by atoms with E-state index in [2.05, 4.69) is 119 Å². The number of carbonyl (C=O) groups is 1. The molecule has 2 aliphatic rings. The first-order valence-electron chi connectivity index (χ1n) is 24.4. The molecule has 0 radical (unpaired) electrons. The quantitative estimate of drug-likeness (QED) is 0.0659. The van der Waals surface area contributed by atoms with E-state index >= 15 is 0 Å². The summed E-state index contributed by atoms with van der Waals surface area (Å²) in [4.78, 5) is 12.8. The van der Waals surface area contributed by atoms with Gasteiger partial charge in [0.25, 0.3) is 0 Å². The lowest BCUT2D eigenvalue weighted by Gasteiger charge is -2.39. The minimum atomic E-state index is -1.38. The van der Waals surface area contributed by atoms with E-state index in [4.69, 9.17) is 9.47 Å². The summed E-state index contributed by atoms with van der Waals surface area (Å²) in [5.41, 5.74) is 0.570. The lowest BCUT2D eigenvalue weighted by atomic mass is 9.77. The maximum atomic E-state index is 12.8. The summed E-state index contributed by atoms with van der Waals surface area (Å²) in [6.45, 7) is 30.0. The van der Waals surface area contributed by atoms with Crippen LogP contribution in [0.15, 0.2) is 54.3 Å². The maximum Gasteiger partial charge on any atom is 0.340 e. The molecular weight excluding hydrogens is 1050 g/mol. The third-order valence-corrected chi connectivity index (χ3v) is 15.5. The zero-order valence-electron chi connectivity index (χ0n) is 39.9. The van der Waals surface area contributed by atoms with E-state index in [1.807, 2.05) is 0 Å². The van der Waals surface area contributed by atoms with E-state index < -0.39 is 11.6 Å². The molecule has 11 heteroatoms. The molecule has 3 aromatic rings. The lowest BCUT2D eigenvalue weighted by Crippen LogP contribution is -2.50. The van der Waals surface area contributed by atoms with Crippen LogP contribution in [0.3, 0.4) is 0 Å². The lowest BCUT2D eigenvalue weighted by molar-refractivity contribution is -0.929. The van der Waals surface area contributed by atoms with Crippen molar-refractivity contribution in [2.75, 3.05) is 52.4 Å². The highest BCUT2D eigenvalue weighted by Gasteiger charge is 2.54. The van der Waals surface area contributed by atoms with Gasteiger partial charge in [-0.05, 0) is 101 Å². The molecule has 0 unspecified atom stereocenters. The Morgan fingerprint density at radius 2 is 0.794 bits per heavy atom. The Morgan fingerprint density at radius 1 is 0.492 bits per heavy atom. The van der Waals surface area contributed by atoms with E-state index in [1.165, 1.54) is 164 Å². The molecule has 1 spiro atoms. The molecule has 0 N–H and O–H groups in total. The first kappa shape index (κ1) is 55.7. The average molecular weight is 1130 g/mol. The second-order valence-electron chi connectivity index (χ2n) is 17.8. The molecular formula is C52H78Br4N2O5. The molecule has 0 aliphatic carbocycles. The molecule has 3 aromatic carbocycles. The van der Waals surface area contributed by atoms with Gasteiger partial charge in [0.1, 0.15) is 11.5 Å². The molecule has 0 fully saturated rings. The number of fused-ring (bicyclic) bond motifs is 6. The number of halogens is 4. The molecule has 0 atom stereocenters. The topological polar surface area (TPSA) is 81.7 Å². The fourth-order valence-electron chi connectivity index (χ4n) is 9.04. The normalized spacial score (nSPS) is 13.6. The first-order chi connectivity index (χ1) is 30.3. The highest BCUT2D eigenvalue weighted by Crippen LogP contribution is 2.62. The highest BCUT2D eigenvalue weighted by molar-refractivity contribution is 9.11. The van der Waals surface area contributed by atoms with Gasteiger partial charge in [-0.2, -0.15) is 0 Å². The predicted molar refractivity (Wildman–Crippen MR) is 273 cm³/mol. The van der Waals surface area contributed by atoms with Gasteiger partial charge in [0.05, 0.1) is 66.9 Å². The Bertz CT molecular complexity index is 1700. The molecule has 2 aliphatic heterocycles. The van der Waals surface area contributed by atoms with Crippen LogP contribution in [-0.4, -0.2) is 67.3 Å². The molecule has 7 nitrogen and oxygen atoms in total. The number of carbonyl (C=O) groups excluding carboxylic acids is 1. The van der Waals surface area contributed by atoms with E-state index in [1.54, 1.807) is 36.4 Å². The monoisotopic (exact) mass is 1130 g/mol. The van der Waals surface area contributed by atoms with E-state index in [0.717, 1.165) is 0 Å². The van der Waals surface area contributed by atoms with Gasteiger partial charge in [-0.3, -0.25) is 0 Å². The van der Waals surface area contributed by atoms with E-state index in [0.29, 0.717) is 22.3 Å². The Morgan fingerprint density at radius 3 is 1.10 bits per heavy atom. The van der Waals surface area contributed by atoms with Crippen LogP contribution in [0.5, 0.6) is 23.0 Å². The largest absolute Gasteiger partial charge is 0.871 e. The summed E-state index contributed by atoms with van der Waals surface area (Å²) in [7, 11) is 0. The van der Waals surface area contributed by atoms with Crippen molar-refractivity contribution in [3.05, 3.63) is 76.5 Å². The number of quaternary nitrogens is 2. The Kier molecular flexibility index (Phi) is 24.6. The van der Waals surface area contributed by atoms with Crippen LogP contribution >= 0.6 is 63.7 Å². The summed E-state index contributed by atoms with van der Waals surface area (Å²) in [5, 5.41) is 25.0. The molecule has 0 saturated carbocycles. The summed E-state index contributed by atoms with van der Waals surface area (Å²) in [6.07, 6.45) is 22.1. The predicted octanol–water partition coefficient (Wildman–Crippen LogP) is 15.5. The van der Waals surface area contributed by atoms with Crippen LogP contribution in [0.2, 0.25) is 0 Å². The molecule has 0 amide bonds. The highest BCUT2D eigenvalue weighted by atomic mass is 79.9. The van der Waals surface area contributed by atoms with Crippen LogP contribution in [0.25, 0.3) is 0 Å². The number of hydrogen-bond acceptors (Lipinski definition) is 5. The van der Waals surface area contributed by atoms with Gasteiger partial charge in [0, 0.05) is 25.6 Å². The number of esters is 1. The Hall–Kier alpha value is -1.63. The van der Waals surface area contributed by atoms with Crippen LogP contribution in [0.1, 0.15) is 185 Å². The maximum absolute atomic E-state index is 12.8. The number of benzene rings is 3. The van der Waals surface area contributed by atoms with Crippen molar-refractivity contribution >= 4 is 69.7 Å². The van der Waals surface area contributed by atoms with Crippen molar-refractivity contribution in [2.45, 2.75) is 164 Å². The SMILES string of the molecule is CCCC[N+](CCCC)(CCCC)CCCC.CCCC[N+](CCCC)(CCCC)CCCC.O=C1OC2(c3ccccc31)c1cc(Br)c([O-])c(Br)c1Oc1c2cc(Br)c([O-])c1Br. The van der Waals surface area contributed by atoms with E-state index in [9.17, 15) is 15.0 Å². The van der Waals surface area contributed by atoms with Crippen LogP contribution in [0.4, 0.5) is 0 Å². The molecule has 0 aromatic heterocycles. The van der Waals surface area contributed by atoms with Crippen molar-refractivity contribution < 1.29 is 33.4 Å². The Labute approximate surface area is 415 Å². The third-order valence-electron chi connectivity index (χ3n) is 12.9. The minimum Gasteiger partial charge on any atom is -0.871 e. The van der Waals surface area contributed by atoms with Crippen LogP contribution < -0.4 is 14.9 Å². The summed E-state index contributed by atoms with van der Waals surface area (Å²) in [6, 6.07) is 10.2. The second kappa shape index (κ2) is 27.9. The zero-order chi connectivity index (χ0) is 46.6. The molecule has 354 valence electrons. The minimum absolute atomic E-state index is 0.162. The number of rotatable bonds is 24. The van der Waals surface area contributed by atoms with Crippen molar-refractivity contribution in [1.29, 1.82) is 0 Å². The molecule has 0 saturated heterocycles. The van der Waals surface area contributed by atoms with Crippen molar-refractivity contribution in [3.63, 3.8) is 0 Å². The standard InChI is InChI=1S/C20H8Br4O5.2C16H36N/c21-11-5-9-17(13(23)15(11)25)28-18-10(6-12(22)16(26)14(18)24)20(9)8-4-2-1-3-7(8)19(27)29-20;2*1-5-9-13-17(14-10-6-2,15-11-7-3)16-12-8-4/h1-6,25-26H;2*5-16H2,1-4H3/q;2*+1/p-2. The smallest absolute Gasteiger partial charge is 0.340 e. The zero-order valence-corrected chi connectivity index (χ0v) is 46.2. The molecule has 0 bridgehead atoms. The fraction of sp³-hybridized carbons (Fsp3) is 0.635. The summed E-state index contributed by atoms with van der Waals surface area (Å²) < 4.78 is 15.8. The molecule has 2 heterocycles. The van der Waals surface area contributed by atoms with E-state index in [-0.39, 0.29) is 40.9 Å². The second-order valence-corrected chi connectivity index (χ2v) is 21.1. The third kappa shape index (κ3) is 14.2. The first-order valence-corrected chi connectivity index (χ1v) is 27.5. The van der Waals surface area contributed by atoms with Gasteiger partial charge in [-0.25, -0.2) is 4.79 Å². The van der Waals surface area contributed by atoms with Gasteiger partial charge in [0.2, 0.25) is 0 Å². The van der Waals surface area contributed by atoms with Crippen molar-refractivity contribution in [3.8, 4) is 23.0 Å². The van der Waals surface area contributed by atoms with Gasteiger partial charge in [-0.1, -0.05) is 168 Å². The number of ether oxygens (including phenoxy) is 2. The molecule has 63 heavy (non-hydrogen) atoms. The van der Waals surface area contributed by atoms with Crippen molar-refractivity contribution in [2.24, 2.45) is 0 Å². The number of nitrogens with zero attached hydrogens (tertiary/aromatic N) is 2. The average Bonchev–Trinajstić information content (AvgIpc) is 3.59. The fourth-order valence-corrected chi connectivity index (χ4v) is 11.4. The molecule has 5 rings (SSSR count). The van der Waals surface area contributed by atoms with Gasteiger partial charge in [0.15, 0.2) is 5.60 Å². The van der Waals surface area contributed by atoms with Gasteiger partial charge >= 0.3 is 5.97 Å². The summed E-state index contributed by atoms with van der Waals surface area (Å²) in [5.74, 6) is -0.766.